The zero-order valence-corrected chi connectivity index (χ0v) is 11.4. The van der Waals surface area contributed by atoms with Crippen molar-refractivity contribution in [2.75, 3.05) is 13.1 Å². The predicted octanol–water partition coefficient (Wildman–Crippen LogP) is 1.65. The zero-order valence-electron chi connectivity index (χ0n) is 11.4. The number of nitrogens with zero attached hydrogens (tertiary/aromatic N) is 3. The molecule has 1 aromatic heterocycles. The molecule has 0 spiro atoms. The number of hydrogen-bond donors (Lipinski definition) is 0. The maximum Gasteiger partial charge on any atom is 0.266 e. The number of aromatic nitrogens is 2. The quantitative estimate of drug-likeness (QED) is 0.860. The lowest BCUT2D eigenvalue weighted by molar-refractivity contribution is 0.0765. The minimum absolute atomic E-state index is 0.108. The molecular formula is C15H15F2N3O. The van der Waals surface area contributed by atoms with Gasteiger partial charge in [0.25, 0.3) is 5.56 Å². The van der Waals surface area contributed by atoms with Gasteiger partial charge < -0.3 is 0 Å². The van der Waals surface area contributed by atoms with Crippen molar-refractivity contribution in [1.29, 1.82) is 0 Å². The van der Waals surface area contributed by atoms with Gasteiger partial charge in [-0.05, 0) is 23.8 Å². The first-order valence-electron chi connectivity index (χ1n) is 6.79. The van der Waals surface area contributed by atoms with Crippen LogP contribution in [0.25, 0.3) is 0 Å². The molecule has 0 N–H and O–H groups in total. The molecule has 1 saturated heterocycles. The second kappa shape index (κ2) is 5.73. The van der Waals surface area contributed by atoms with Gasteiger partial charge >= 0.3 is 0 Å². The number of likely N-dealkylation sites (tertiary alicyclic amines) is 1. The molecule has 3 rings (SSSR count). The summed E-state index contributed by atoms with van der Waals surface area (Å²) in [4.78, 5) is 13.6. The van der Waals surface area contributed by atoms with Gasteiger partial charge in [0.05, 0.1) is 6.54 Å². The van der Waals surface area contributed by atoms with Gasteiger partial charge in [0, 0.05) is 43.9 Å². The molecule has 2 heterocycles. The lowest BCUT2D eigenvalue weighted by Gasteiger charge is -2.39. The highest BCUT2D eigenvalue weighted by molar-refractivity contribution is 5.18. The van der Waals surface area contributed by atoms with Crippen LogP contribution in [-0.4, -0.2) is 27.8 Å². The van der Waals surface area contributed by atoms with Crippen LogP contribution in [0.5, 0.6) is 0 Å². The normalized spacial score (nSPS) is 15.9. The van der Waals surface area contributed by atoms with Crippen LogP contribution in [-0.2, 0) is 13.1 Å². The Labute approximate surface area is 120 Å². The summed E-state index contributed by atoms with van der Waals surface area (Å²) in [5.41, 5.74) is 0.518. The van der Waals surface area contributed by atoms with Crippen LogP contribution in [0.1, 0.15) is 5.56 Å². The highest BCUT2D eigenvalue weighted by Gasteiger charge is 2.27. The summed E-state index contributed by atoms with van der Waals surface area (Å²) in [6, 6.07) is 6.67. The van der Waals surface area contributed by atoms with Gasteiger partial charge in [-0.3, -0.25) is 9.69 Å². The van der Waals surface area contributed by atoms with Crippen LogP contribution in [0.3, 0.4) is 0 Å². The van der Waals surface area contributed by atoms with Crippen molar-refractivity contribution >= 4 is 0 Å². The lowest BCUT2D eigenvalue weighted by Crippen LogP contribution is -2.48. The summed E-state index contributed by atoms with van der Waals surface area (Å²) in [5, 5.41) is 4.02. The Bertz CT molecular complexity index is 675. The molecule has 0 atom stereocenters. The van der Waals surface area contributed by atoms with Gasteiger partial charge in [-0.15, -0.1) is 0 Å². The zero-order chi connectivity index (χ0) is 14.8. The summed E-state index contributed by atoms with van der Waals surface area (Å²) in [5.74, 6) is -0.764. The molecule has 110 valence electrons. The van der Waals surface area contributed by atoms with Gasteiger partial charge in [-0.1, -0.05) is 0 Å². The second-order valence-corrected chi connectivity index (χ2v) is 5.38. The van der Waals surface area contributed by atoms with Gasteiger partial charge in [-0.2, -0.15) is 5.10 Å². The maximum absolute atomic E-state index is 13.1. The number of hydrogen-bond acceptors (Lipinski definition) is 3. The van der Waals surface area contributed by atoms with Crippen molar-refractivity contribution in [2.24, 2.45) is 5.92 Å². The highest BCUT2D eigenvalue weighted by atomic mass is 19.1. The van der Waals surface area contributed by atoms with Crippen molar-refractivity contribution in [2.45, 2.75) is 13.1 Å². The van der Waals surface area contributed by atoms with Crippen LogP contribution in [0.2, 0.25) is 0 Å². The lowest BCUT2D eigenvalue weighted by atomic mass is 9.99. The molecule has 6 heteroatoms. The molecule has 1 aliphatic heterocycles. The van der Waals surface area contributed by atoms with Crippen LogP contribution in [0, 0.1) is 17.6 Å². The minimum Gasteiger partial charge on any atom is -0.298 e. The van der Waals surface area contributed by atoms with E-state index in [1.165, 1.54) is 22.9 Å². The largest absolute Gasteiger partial charge is 0.298 e. The standard InChI is InChI=1S/C15H15F2N3O/c16-13-4-11(5-14(17)6-13)7-19-8-12(9-19)10-20-15(21)2-1-3-18-20/h1-6,12H,7-10H2. The van der Waals surface area contributed by atoms with E-state index in [1.54, 1.807) is 12.3 Å². The fourth-order valence-corrected chi connectivity index (χ4v) is 2.65. The number of rotatable bonds is 4. The molecule has 1 aromatic carbocycles. The third-order valence-corrected chi connectivity index (χ3v) is 3.58. The average molecular weight is 291 g/mol. The summed E-state index contributed by atoms with van der Waals surface area (Å²) < 4.78 is 27.7. The van der Waals surface area contributed by atoms with E-state index in [2.05, 4.69) is 10.00 Å². The first-order valence-corrected chi connectivity index (χ1v) is 6.79. The van der Waals surface area contributed by atoms with E-state index in [0.29, 0.717) is 24.6 Å². The number of benzene rings is 1. The van der Waals surface area contributed by atoms with E-state index in [-0.39, 0.29) is 5.56 Å². The van der Waals surface area contributed by atoms with E-state index in [9.17, 15) is 13.6 Å². The smallest absolute Gasteiger partial charge is 0.266 e. The molecule has 1 aliphatic rings. The highest BCUT2D eigenvalue weighted by Crippen LogP contribution is 2.20. The Kier molecular flexibility index (Phi) is 3.79. The van der Waals surface area contributed by atoms with Gasteiger partial charge in [0.15, 0.2) is 0 Å². The van der Waals surface area contributed by atoms with E-state index < -0.39 is 11.6 Å². The summed E-state index contributed by atoms with van der Waals surface area (Å²) in [7, 11) is 0. The monoisotopic (exact) mass is 291 g/mol. The maximum atomic E-state index is 13.1. The Hall–Kier alpha value is -2.08. The average Bonchev–Trinajstić information content (AvgIpc) is 2.37. The second-order valence-electron chi connectivity index (χ2n) is 5.38. The Morgan fingerprint density at radius 1 is 1.19 bits per heavy atom. The van der Waals surface area contributed by atoms with Crippen LogP contribution in [0.15, 0.2) is 41.3 Å². The molecule has 0 aliphatic carbocycles. The van der Waals surface area contributed by atoms with Gasteiger partial charge in [0.2, 0.25) is 0 Å². The summed E-state index contributed by atoms with van der Waals surface area (Å²) in [6.45, 7) is 2.68. The molecule has 0 bridgehead atoms. The fourth-order valence-electron chi connectivity index (χ4n) is 2.65. The molecular weight excluding hydrogens is 276 g/mol. The van der Waals surface area contributed by atoms with E-state index >= 15 is 0 Å². The van der Waals surface area contributed by atoms with Crippen molar-refractivity contribution in [1.82, 2.24) is 14.7 Å². The summed E-state index contributed by atoms with van der Waals surface area (Å²) in [6.07, 6.45) is 1.59. The van der Waals surface area contributed by atoms with E-state index in [1.807, 2.05) is 0 Å². The SMILES string of the molecule is O=c1cccnn1CC1CN(Cc2cc(F)cc(F)c2)C1. The Morgan fingerprint density at radius 2 is 1.90 bits per heavy atom. The van der Waals surface area contributed by atoms with Gasteiger partial charge in [-0.25, -0.2) is 13.5 Å². The first kappa shape index (κ1) is 13.9. The minimum atomic E-state index is -0.554. The molecule has 4 nitrogen and oxygen atoms in total. The molecule has 0 radical (unpaired) electrons. The fraction of sp³-hybridized carbons (Fsp3) is 0.333. The Morgan fingerprint density at radius 3 is 2.57 bits per heavy atom. The number of halogens is 2. The van der Waals surface area contributed by atoms with Crippen molar-refractivity contribution in [3.8, 4) is 0 Å². The topological polar surface area (TPSA) is 38.1 Å². The Balaban J connectivity index is 1.54. The van der Waals surface area contributed by atoms with Crippen LogP contribution < -0.4 is 5.56 Å². The molecule has 0 saturated carbocycles. The van der Waals surface area contributed by atoms with Crippen molar-refractivity contribution < 1.29 is 8.78 Å². The third kappa shape index (κ3) is 3.33. The van der Waals surface area contributed by atoms with E-state index in [4.69, 9.17) is 0 Å². The van der Waals surface area contributed by atoms with Crippen LogP contribution in [0.4, 0.5) is 8.78 Å². The predicted molar refractivity (Wildman–Crippen MR) is 73.6 cm³/mol. The molecule has 0 amide bonds. The molecule has 1 fully saturated rings. The molecule has 2 aromatic rings. The first-order chi connectivity index (χ1) is 10.1. The van der Waals surface area contributed by atoms with E-state index in [0.717, 1.165) is 19.2 Å². The molecule has 0 unspecified atom stereocenters. The molecule has 21 heavy (non-hydrogen) atoms. The third-order valence-electron chi connectivity index (χ3n) is 3.58. The summed E-state index contributed by atoms with van der Waals surface area (Å²) >= 11 is 0. The van der Waals surface area contributed by atoms with Crippen molar-refractivity contribution in [3.05, 3.63) is 64.1 Å². The van der Waals surface area contributed by atoms with Crippen LogP contribution >= 0.6 is 0 Å². The van der Waals surface area contributed by atoms with Crippen molar-refractivity contribution in [3.63, 3.8) is 0 Å². The van der Waals surface area contributed by atoms with Gasteiger partial charge in [0.1, 0.15) is 11.6 Å².